The number of guanidine groups is 1. The van der Waals surface area contributed by atoms with Gasteiger partial charge in [-0.25, -0.2) is 4.98 Å². The lowest BCUT2D eigenvalue weighted by Crippen LogP contribution is -2.62. The lowest BCUT2D eigenvalue weighted by Gasteiger charge is -2.45. The predicted octanol–water partition coefficient (Wildman–Crippen LogP) is 5.07. The van der Waals surface area contributed by atoms with Crippen LogP contribution in [0.3, 0.4) is 0 Å². The minimum atomic E-state index is -0.846. The maximum atomic E-state index is 14.2. The van der Waals surface area contributed by atoms with Gasteiger partial charge in [0.15, 0.2) is 5.96 Å². The van der Waals surface area contributed by atoms with E-state index in [1.54, 1.807) is 19.2 Å². The van der Waals surface area contributed by atoms with Crippen molar-refractivity contribution >= 4 is 23.2 Å². The SMILES string of the molecule is CC(C)c1ccc([C@H]2C(=O)N(C)C(=N)N[C@]2(C)c2cc(-c3cccnc3F)cs2)cc1. The predicted molar refractivity (Wildman–Crippen MR) is 122 cm³/mol. The first-order valence-corrected chi connectivity index (χ1v) is 11.0. The minimum absolute atomic E-state index is 0.0464. The fourth-order valence-corrected chi connectivity index (χ4v) is 5.11. The number of benzene rings is 1. The van der Waals surface area contributed by atoms with Crippen molar-refractivity contribution in [3.8, 4) is 11.1 Å². The number of hydrogen-bond acceptors (Lipinski definition) is 4. The number of hydrogen-bond donors (Lipinski definition) is 2. The van der Waals surface area contributed by atoms with Gasteiger partial charge in [0.25, 0.3) is 0 Å². The average Bonchev–Trinajstić information content (AvgIpc) is 3.24. The number of thiophene rings is 1. The van der Waals surface area contributed by atoms with Gasteiger partial charge in [0.05, 0.1) is 11.5 Å². The summed E-state index contributed by atoms with van der Waals surface area (Å²) in [6, 6.07) is 13.4. The highest BCUT2D eigenvalue weighted by Crippen LogP contribution is 2.44. The van der Waals surface area contributed by atoms with Crippen LogP contribution in [0.15, 0.2) is 54.0 Å². The van der Waals surface area contributed by atoms with E-state index in [0.29, 0.717) is 17.0 Å². The van der Waals surface area contributed by atoms with Gasteiger partial charge in [0, 0.05) is 23.7 Å². The number of nitrogens with zero attached hydrogens (tertiary/aromatic N) is 2. The van der Waals surface area contributed by atoms with Gasteiger partial charge < -0.3 is 5.32 Å². The summed E-state index contributed by atoms with van der Waals surface area (Å²) in [4.78, 5) is 19.3. The molecule has 160 valence electrons. The zero-order chi connectivity index (χ0) is 22.3. The van der Waals surface area contributed by atoms with Crippen LogP contribution in [-0.4, -0.2) is 28.8 Å². The van der Waals surface area contributed by atoms with E-state index in [1.807, 2.05) is 30.5 Å². The summed E-state index contributed by atoms with van der Waals surface area (Å²) in [5.41, 5.74) is 2.36. The molecule has 1 aliphatic heterocycles. The van der Waals surface area contributed by atoms with E-state index in [4.69, 9.17) is 5.41 Å². The van der Waals surface area contributed by atoms with Crippen molar-refractivity contribution in [3.63, 3.8) is 0 Å². The highest BCUT2D eigenvalue weighted by atomic mass is 32.1. The third-order valence-corrected chi connectivity index (χ3v) is 7.15. The summed E-state index contributed by atoms with van der Waals surface area (Å²) in [7, 11) is 1.61. The molecular formula is C24H25FN4OS. The molecule has 2 aromatic heterocycles. The van der Waals surface area contributed by atoms with E-state index in [-0.39, 0.29) is 11.9 Å². The van der Waals surface area contributed by atoms with Crippen LogP contribution in [-0.2, 0) is 10.3 Å². The first-order valence-electron chi connectivity index (χ1n) is 10.2. The fourth-order valence-electron chi connectivity index (χ4n) is 4.06. The van der Waals surface area contributed by atoms with E-state index in [1.165, 1.54) is 28.0 Å². The molecule has 1 aliphatic rings. The monoisotopic (exact) mass is 436 g/mol. The van der Waals surface area contributed by atoms with Gasteiger partial charge in [0.1, 0.15) is 0 Å². The smallest absolute Gasteiger partial charge is 0.239 e. The molecule has 5 nitrogen and oxygen atoms in total. The van der Waals surface area contributed by atoms with Crippen molar-refractivity contribution in [2.75, 3.05) is 7.05 Å². The van der Waals surface area contributed by atoms with E-state index in [9.17, 15) is 9.18 Å². The molecule has 7 heteroatoms. The Kier molecular flexibility index (Phi) is 5.39. The standard InChI is InChI=1S/C24H25FN4OS/c1-14(2)15-7-9-16(10-8-15)20-22(30)29(4)23(26)28-24(20,3)19-12-17(13-31-19)18-6-5-11-27-21(18)25/h5-14,20H,1-4H3,(H2,26,28)/t20-,24+/m0/s1. The van der Waals surface area contributed by atoms with Gasteiger partial charge in [-0.3, -0.25) is 15.1 Å². The van der Waals surface area contributed by atoms with Crippen LogP contribution in [0.1, 0.15) is 48.6 Å². The molecule has 0 radical (unpaired) electrons. The van der Waals surface area contributed by atoms with E-state index in [2.05, 4.69) is 36.3 Å². The van der Waals surface area contributed by atoms with Crippen molar-refractivity contribution in [1.29, 1.82) is 5.41 Å². The van der Waals surface area contributed by atoms with Crippen molar-refractivity contribution in [3.05, 3.63) is 76.0 Å². The molecule has 0 saturated carbocycles. The fraction of sp³-hybridized carbons (Fsp3) is 0.292. The van der Waals surface area contributed by atoms with Crippen LogP contribution < -0.4 is 5.32 Å². The largest absolute Gasteiger partial charge is 0.345 e. The number of halogens is 1. The zero-order valence-electron chi connectivity index (χ0n) is 17.9. The highest BCUT2D eigenvalue weighted by molar-refractivity contribution is 7.10. The first kappa shape index (κ1) is 21.2. The van der Waals surface area contributed by atoms with Crippen LogP contribution in [0.5, 0.6) is 0 Å². The van der Waals surface area contributed by atoms with Gasteiger partial charge in [-0.1, -0.05) is 38.1 Å². The molecule has 4 rings (SSSR count). The van der Waals surface area contributed by atoms with Crippen LogP contribution >= 0.6 is 11.3 Å². The van der Waals surface area contributed by atoms with Gasteiger partial charge in [-0.05, 0) is 53.1 Å². The Morgan fingerprint density at radius 3 is 2.61 bits per heavy atom. The molecule has 2 N–H and O–H groups in total. The van der Waals surface area contributed by atoms with Crippen LogP contribution in [0.25, 0.3) is 11.1 Å². The van der Waals surface area contributed by atoms with Crippen LogP contribution in [0.4, 0.5) is 4.39 Å². The number of likely N-dealkylation sites (N-methyl/N-ethyl adjacent to an activating group) is 1. The van der Waals surface area contributed by atoms with Crippen molar-refractivity contribution in [2.45, 2.75) is 38.1 Å². The Labute approximate surface area is 185 Å². The topological polar surface area (TPSA) is 69.1 Å². The minimum Gasteiger partial charge on any atom is -0.345 e. The van der Waals surface area contributed by atoms with Crippen molar-refractivity contribution in [2.24, 2.45) is 0 Å². The first-order chi connectivity index (χ1) is 14.7. The maximum Gasteiger partial charge on any atom is 0.239 e. The summed E-state index contributed by atoms with van der Waals surface area (Å²) in [6.07, 6.45) is 1.42. The van der Waals surface area contributed by atoms with E-state index < -0.39 is 17.4 Å². The molecule has 0 spiro atoms. The Morgan fingerprint density at radius 1 is 1.26 bits per heavy atom. The highest BCUT2D eigenvalue weighted by Gasteiger charge is 2.49. The molecule has 0 bridgehead atoms. The van der Waals surface area contributed by atoms with Crippen LogP contribution in [0, 0.1) is 11.4 Å². The Morgan fingerprint density at radius 2 is 1.97 bits per heavy atom. The molecule has 0 unspecified atom stereocenters. The maximum absolute atomic E-state index is 14.2. The number of pyridine rings is 1. The second kappa shape index (κ2) is 7.89. The summed E-state index contributed by atoms with van der Waals surface area (Å²) in [5, 5.41) is 13.4. The third kappa shape index (κ3) is 3.63. The second-order valence-corrected chi connectivity index (χ2v) is 9.28. The molecule has 31 heavy (non-hydrogen) atoms. The Balaban J connectivity index is 1.80. The number of rotatable bonds is 4. The molecule has 1 aromatic carbocycles. The van der Waals surface area contributed by atoms with Gasteiger partial charge in [0.2, 0.25) is 11.9 Å². The van der Waals surface area contributed by atoms with Gasteiger partial charge >= 0.3 is 0 Å². The number of aromatic nitrogens is 1. The molecule has 3 aromatic rings. The number of nitrogens with one attached hydrogen (secondary N) is 2. The third-order valence-electron chi connectivity index (χ3n) is 5.99. The molecule has 1 amide bonds. The quantitative estimate of drug-likeness (QED) is 0.561. The normalized spacial score (nSPS) is 21.5. The molecule has 3 heterocycles. The summed E-state index contributed by atoms with van der Waals surface area (Å²) in [6.45, 7) is 6.20. The number of carbonyl (C=O) groups is 1. The van der Waals surface area contributed by atoms with Crippen LogP contribution in [0.2, 0.25) is 0 Å². The Bertz CT molecular complexity index is 1140. The van der Waals surface area contributed by atoms with E-state index in [0.717, 1.165) is 10.4 Å². The molecule has 1 saturated heterocycles. The molecule has 0 aliphatic carbocycles. The molecule has 2 atom stereocenters. The van der Waals surface area contributed by atoms with Gasteiger partial charge in [-0.2, -0.15) is 4.39 Å². The van der Waals surface area contributed by atoms with Crippen molar-refractivity contribution < 1.29 is 9.18 Å². The lowest BCUT2D eigenvalue weighted by atomic mass is 9.76. The number of carbonyl (C=O) groups excluding carboxylic acids is 1. The van der Waals surface area contributed by atoms with Gasteiger partial charge in [-0.15, -0.1) is 11.3 Å². The summed E-state index contributed by atoms with van der Waals surface area (Å²) in [5.74, 6) is -0.766. The second-order valence-electron chi connectivity index (χ2n) is 8.37. The summed E-state index contributed by atoms with van der Waals surface area (Å²) >= 11 is 1.45. The zero-order valence-corrected chi connectivity index (χ0v) is 18.8. The molecule has 1 fully saturated rings. The molecular weight excluding hydrogens is 411 g/mol. The van der Waals surface area contributed by atoms with E-state index >= 15 is 0 Å². The Hall–Kier alpha value is -3.06. The average molecular weight is 437 g/mol. The lowest BCUT2D eigenvalue weighted by molar-refractivity contribution is -0.131. The number of amides is 1. The van der Waals surface area contributed by atoms with Crippen molar-refractivity contribution in [1.82, 2.24) is 15.2 Å². The summed E-state index contributed by atoms with van der Waals surface area (Å²) < 4.78 is 14.2.